The van der Waals surface area contributed by atoms with Crippen LogP contribution in [-0.4, -0.2) is 26.1 Å². The average molecular weight is 311 g/mol. The molecular formula is C15H17F2N2O3+. The molecule has 0 fully saturated rings. The molecular weight excluding hydrogens is 294 g/mol. The minimum atomic E-state index is -2.86. The highest BCUT2D eigenvalue weighted by molar-refractivity contribution is 5.91. The maximum absolute atomic E-state index is 12.0. The maximum atomic E-state index is 12.0. The molecule has 1 aromatic heterocycles. The molecule has 2 aromatic rings. The van der Waals surface area contributed by atoms with Crippen LogP contribution in [0.1, 0.15) is 5.76 Å². The minimum Gasteiger partial charge on any atom is -0.463 e. The number of ether oxygens (including phenoxy) is 1. The first-order chi connectivity index (χ1) is 10.5. The van der Waals surface area contributed by atoms with Gasteiger partial charge < -0.3 is 19.4 Å². The van der Waals surface area contributed by atoms with Crippen molar-refractivity contribution in [3.05, 3.63) is 48.4 Å². The first kappa shape index (κ1) is 16.0. The van der Waals surface area contributed by atoms with E-state index < -0.39 is 6.61 Å². The standard InChI is InChI=1S/C15H16F2N2O3/c1-19(9-13-3-2-8-21-13)10-14(20)18-11-4-6-12(7-5-11)22-15(16)17/h2-8,15H,9-10H2,1H3,(H,18,20)/p+1. The fourth-order valence-electron chi connectivity index (χ4n) is 1.97. The van der Waals surface area contributed by atoms with Crippen LogP contribution in [0.25, 0.3) is 0 Å². The van der Waals surface area contributed by atoms with Crippen molar-refractivity contribution in [2.45, 2.75) is 13.2 Å². The van der Waals surface area contributed by atoms with Gasteiger partial charge in [-0.2, -0.15) is 8.78 Å². The SMILES string of the molecule is C[NH+](CC(=O)Nc1ccc(OC(F)F)cc1)Cc1ccco1. The number of likely N-dealkylation sites (N-methyl/N-ethyl adjacent to an activating group) is 1. The van der Waals surface area contributed by atoms with Crippen LogP contribution in [0.5, 0.6) is 5.75 Å². The Kier molecular flexibility index (Phi) is 5.48. The quantitative estimate of drug-likeness (QED) is 0.815. The minimum absolute atomic E-state index is 0.0496. The van der Waals surface area contributed by atoms with E-state index in [1.165, 1.54) is 24.3 Å². The lowest BCUT2D eigenvalue weighted by atomic mass is 10.3. The second-order valence-electron chi connectivity index (χ2n) is 4.84. The second-order valence-corrected chi connectivity index (χ2v) is 4.84. The number of anilines is 1. The molecule has 1 atom stereocenters. The van der Waals surface area contributed by atoms with E-state index in [9.17, 15) is 13.6 Å². The van der Waals surface area contributed by atoms with E-state index in [1.807, 2.05) is 13.1 Å². The van der Waals surface area contributed by atoms with Crippen molar-refractivity contribution in [2.75, 3.05) is 18.9 Å². The van der Waals surface area contributed by atoms with Crippen molar-refractivity contribution in [1.82, 2.24) is 0 Å². The summed E-state index contributed by atoms with van der Waals surface area (Å²) >= 11 is 0. The molecule has 1 heterocycles. The van der Waals surface area contributed by atoms with Gasteiger partial charge in [0, 0.05) is 5.69 Å². The summed E-state index contributed by atoms with van der Waals surface area (Å²) in [4.78, 5) is 12.9. The van der Waals surface area contributed by atoms with Gasteiger partial charge in [0.05, 0.1) is 13.3 Å². The third-order valence-corrected chi connectivity index (χ3v) is 2.88. The topological polar surface area (TPSA) is 55.9 Å². The van der Waals surface area contributed by atoms with Gasteiger partial charge in [-0.05, 0) is 36.4 Å². The second kappa shape index (κ2) is 7.56. The highest BCUT2D eigenvalue weighted by Crippen LogP contribution is 2.17. The number of amides is 1. The summed E-state index contributed by atoms with van der Waals surface area (Å²) in [7, 11) is 1.88. The first-order valence-corrected chi connectivity index (χ1v) is 6.71. The van der Waals surface area contributed by atoms with Crippen LogP contribution in [0.4, 0.5) is 14.5 Å². The lowest BCUT2D eigenvalue weighted by Gasteiger charge is -2.12. The molecule has 2 N–H and O–H groups in total. The Morgan fingerprint density at radius 3 is 2.64 bits per heavy atom. The number of nitrogens with one attached hydrogen (secondary N) is 2. The van der Waals surface area contributed by atoms with Crippen molar-refractivity contribution in [3.8, 4) is 5.75 Å². The van der Waals surface area contributed by atoms with Gasteiger partial charge >= 0.3 is 6.61 Å². The Morgan fingerprint density at radius 2 is 2.05 bits per heavy atom. The van der Waals surface area contributed by atoms with Crippen LogP contribution >= 0.6 is 0 Å². The Hall–Kier alpha value is -2.41. The van der Waals surface area contributed by atoms with Gasteiger partial charge in [0.15, 0.2) is 12.3 Å². The van der Waals surface area contributed by atoms with E-state index in [4.69, 9.17) is 4.42 Å². The van der Waals surface area contributed by atoms with Gasteiger partial charge in [-0.1, -0.05) is 0 Å². The zero-order valence-electron chi connectivity index (χ0n) is 12.0. The predicted octanol–water partition coefficient (Wildman–Crippen LogP) is 1.53. The lowest BCUT2D eigenvalue weighted by Crippen LogP contribution is -3.08. The molecule has 1 unspecified atom stereocenters. The summed E-state index contributed by atoms with van der Waals surface area (Å²) in [5.41, 5.74) is 0.525. The van der Waals surface area contributed by atoms with Gasteiger partial charge in [0.25, 0.3) is 5.91 Å². The molecule has 1 amide bonds. The number of carbonyl (C=O) groups is 1. The summed E-state index contributed by atoms with van der Waals surface area (Å²) in [5.74, 6) is 0.680. The molecule has 0 bridgehead atoms. The molecule has 0 saturated heterocycles. The number of halogens is 2. The Labute approximate surface area is 126 Å². The molecule has 0 radical (unpaired) electrons. The Balaban J connectivity index is 1.81. The van der Waals surface area contributed by atoms with Crippen LogP contribution in [-0.2, 0) is 11.3 Å². The average Bonchev–Trinajstić information content (AvgIpc) is 2.93. The number of alkyl halides is 2. The molecule has 0 aliphatic heterocycles. The van der Waals surface area contributed by atoms with E-state index in [1.54, 1.807) is 12.3 Å². The third-order valence-electron chi connectivity index (χ3n) is 2.88. The van der Waals surface area contributed by atoms with Gasteiger partial charge in [-0.15, -0.1) is 0 Å². The number of benzene rings is 1. The van der Waals surface area contributed by atoms with Crippen molar-refractivity contribution in [2.24, 2.45) is 0 Å². The van der Waals surface area contributed by atoms with Crippen LogP contribution in [0.15, 0.2) is 47.1 Å². The summed E-state index contributed by atoms with van der Waals surface area (Å²) in [6, 6.07) is 9.42. The van der Waals surface area contributed by atoms with E-state index >= 15 is 0 Å². The van der Waals surface area contributed by atoms with Gasteiger partial charge in [0.1, 0.15) is 12.3 Å². The zero-order chi connectivity index (χ0) is 15.9. The van der Waals surface area contributed by atoms with Crippen molar-refractivity contribution in [3.63, 3.8) is 0 Å². The van der Waals surface area contributed by atoms with E-state index in [2.05, 4.69) is 10.1 Å². The first-order valence-electron chi connectivity index (χ1n) is 6.71. The molecule has 1 aromatic carbocycles. The van der Waals surface area contributed by atoms with Crippen LogP contribution in [0.3, 0.4) is 0 Å². The third kappa shape index (κ3) is 5.17. The predicted molar refractivity (Wildman–Crippen MR) is 75.9 cm³/mol. The normalized spacial score (nSPS) is 12.2. The Bertz CT molecular complexity index is 585. The molecule has 0 aliphatic rings. The molecule has 2 rings (SSSR count). The highest BCUT2D eigenvalue weighted by Gasteiger charge is 2.12. The molecule has 7 heteroatoms. The molecule has 118 valence electrons. The van der Waals surface area contributed by atoms with Crippen LogP contribution in [0, 0.1) is 0 Å². The molecule has 0 aliphatic carbocycles. The number of rotatable bonds is 7. The number of hydrogen-bond acceptors (Lipinski definition) is 3. The van der Waals surface area contributed by atoms with E-state index in [0.29, 0.717) is 12.2 Å². The van der Waals surface area contributed by atoms with Crippen LogP contribution < -0.4 is 15.0 Å². The van der Waals surface area contributed by atoms with Crippen LogP contribution in [0.2, 0.25) is 0 Å². The van der Waals surface area contributed by atoms with E-state index in [-0.39, 0.29) is 18.2 Å². The summed E-state index contributed by atoms with van der Waals surface area (Å²) < 4.78 is 33.5. The van der Waals surface area contributed by atoms with Gasteiger partial charge in [-0.25, -0.2) is 0 Å². The lowest BCUT2D eigenvalue weighted by molar-refractivity contribution is -0.886. The number of quaternary nitrogens is 1. The largest absolute Gasteiger partial charge is 0.463 e. The number of hydrogen-bond donors (Lipinski definition) is 2. The fraction of sp³-hybridized carbons (Fsp3) is 0.267. The highest BCUT2D eigenvalue weighted by atomic mass is 19.3. The zero-order valence-corrected chi connectivity index (χ0v) is 12.0. The summed E-state index contributed by atoms with van der Waals surface area (Å²) in [5, 5.41) is 2.70. The summed E-state index contributed by atoms with van der Waals surface area (Å²) in [6.45, 7) is -2.00. The van der Waals surface area contributed by atoms with Gasteiger partial charge in [0.2, 0.25) is 0 Å². The van der Waals surface area contributed by atoms with Gasteiger partial charge in [-0.3, -0.25) is 4.79 Å². The smallest absolute Gasteiger partial charge is 0.387 e. The van der Waals surface area contributed by atoms with E-state index in [0.717, 1.165) is 10.7 Å². The number of furan rings is 1. The molecule has 0 saturated carbocycles. The van der Waals surface area contributed by atoms with Crippen molar-refractivity contribution < 1.29 is 27.6 Å². The Morgan fingerprint density at radius 1 is 1.32 bits per heavy atom. The monoisotopic (exact) mass is 311 g/mol. The molecule has 22 heavy (non-hydrogen) atoms. The fourth-order valence-corrected chi connectivity index (χ4v) is 1.97. The molecule has 5 nitrogen and oxygen atoms in total. The van der Waals surface area contributed by atoms with Crippen molar-refractivity contribution >= 4 is 11.6 Å². The number of carbonyl (C=O) groups excluding carboxylic acids is 1. The summed E-state index contributed by atoms with van der Waals surface area (Å²) in [6.07, 6.45) is 1.59. The maximum Gasteiger partial charge on any atom is 0.387 e. The van der Waals surface area contributed by atoms with Crippen molar-refractivity contribution in [1.29, 1.82) is 0 Å². The molecule has 0 spiro atoms.